The van der Waals surface area contributed by atoms with Gasteiger partial charge < -0.3 is 48.0 Å². The number of rotatable bonds is 10. The summed E-state index contributed by atoms with van der Waals surface area (Å²) >= 11 is 3.35. The number of hydrogen-bond acceptors (Lipinski definition) is 14. The second-order valence-corrected chi connectivity index (χ2v) is 22.0. The summed E-state index contributed by atoms with van der Waals surface area (Å²) in [6.07, 6.45) is 0. The number of hydrogen-bond donors (Lipinski definition) is 2. The number of para-hydroxylation sites is 2. The monoisotopic (exact) mass is 1080 g/mol. The molecule has 0 bridgehead atoms. The minimum absolute atomic E-state index is 0.0530. The molecule has 9 rings (SSSR count). The molecule has 2 N–H and O–H groups in total. The molecule has 3 aliphatic heterocycles. The van der Waals surface area contributed by atoms with Gasteiger partial charge in [0, 0.05) is 26.6 Å². The van der Waals surface area contributed by atoms with E-state index >= 15 is 0 Å². The fraction of sp³-hybridized carbons (Fsp3) is 0.423. The zero-order valence-corrected chi connectivity index (χ0v) is 46.0. The maximum absolute atomic E-state index is 13.0. The third-order valence-electron chi connectivity index (χ3n) is 14.3. The van der Waals surface area contributed by atoms with Gasteiger partial charge in [-0.15, -0.1) is 0 Å². The van der Waals surface area contributed by atoms with Gasteiger partial charge in [-0.3, -0.25) is 28.5 Å². The summed E-state index contributed by atoms with van der Waals surface area (Å²) in [5, 5.41) is 15.6. The average molecular weight is 1080 g/mol. The van der Waals surface area contributed by atoms with Crippen LogP contribution in [0.1, 0.15) is 104 Å². The predicted molar refractivity (Wildman–Crippen MR) is 288 cm³/mol. The van der Waals surface area contributed by atoms with Crippen molar-refractivity contribution in [3.63, 3.8) is 0 Å². The van der Waals surface area contributed by atoms with Crippen molar-refractivity contribution < 1.29 is 56.6 Å². The average Bonchev–Trinajstić information content (AvgIpc) is 4.07. The smallest absolute Gasteiger partial charge is 0.468 e. The summed E-state index contributed by atoms with van der Waals surface area (Å²) in [6, 6.07) is 29.1. The van der Waals surface area contributed by atoms with Gasteiger partial charge in [-0.25, -0.2) is 0 Å². The number of benzene rings is 4. The summed E-state index contributed by atoms with van der Waals surface area (Å²) in [6.45, 7) is 24.1. The van der Waals surface area contributed by atoms with Crippen LogP contribution < -0.4 is 16.1 Å². The quantitative estimate of drug-likeness (QED) is 0.0981. The molecule has 3 fully saturated rings. The van der Waals surface area contributed by atoms with Crippen molar-refractivity contribution in [3.05, 3.63) is 113 Å². The Kier molecular flexibility index (Phi) is 16.2. The van der Waals surface area contributed by atoms with E-state index in [4.69, 9.17) is 32.7 Å². The normalized spacial score (nSPS) is 18.5. The predicted octanol–water partition coefficient (Wildman–Crippen LogP) is 8.23. The lowest BCUT2D eigenvalue weighted by Crippen LogP contribution is -2.41. The SMILES string of the molecule is CC1(C)OB(B2OC(C)(C)C(C)(C)O2)OC1(C)C.COC(=O)Cn1nc(C(=O)Nc2ccc(B3OC(C)(C)C(C)(C)O3)cc2)c2ccccc21.COC(=O)Cn1nc(C(=O)Nc2ccc(Br)cc2)c2ccccc21. The molecular formula is C52H64B3BrN6O12. The third-order valence-corrected chi connectivity index (χ3v) is 14.8. The van der Waals surface area contributed by atoms with Crippen LogP contribution in [-0.4, -0.2) is 112 Å². The second-order valence-electron chi connectivity index (χ2n) is 21.1. The van der Waals surface area contributed by atoms with E-state index in [-0.39, 0.29) is 58.7 Å². The summed E-state index contributed by atoms with van der Waals surface area (Å²) in [5.41, 5.74) is 1.74. The Morgan fingerprint density at radius 3 is 1.18 bits per heavy atom. The molecule has 6 aromatic rings. The van der Waals surface area contributed by atoms with Crippen LogP contribution in [-0.2, 0) is 60.1 Å². The van der Waals surface area contributed by atoms with Crippen LogP contribution in [0.25, 0.3) is 21.8 Å². The first kappa shape index (κ1) is 55.9. The first-order chi connectivity index (χ1) is 34.6. The van der Waals surface area contributed by atoms with Crippen molar-refractivity contribution in [2.75, 3.05) is 24.9 Å². The Labute approximate surface area is 441 Å². The molecule has 0 aliphatic carbocycles. The molecule has 3 aliphatic rings. The molecule has 2 aromatic heterocycles. The molecule has 0 radical (unpaired) electrons. The number of anilines is 2. The highest BCUT2D eigenvalue weighted by Gasteiger charge is 2.63. The number of methoxy groups -OCH3 is 2. The van der Waals surface area contributed by atoms with Crippen molar-refractivity contribution in [2.45, 2.75) is 130 Å². The van der Waals surface area contributed by atoms with Crippen LogP contribution in [0.15, 0.2) is 102 Å². The summed E-state index contributed by atoms with van der Waals surface area (Å²) in [4.78, 5) is 48.8. The maximum atomic E-state index is 13.0. The lowest BCUT2D eigenvalue weighted by Gasteiger charge is -2.32. The van der Waals surface area contributed by atoms with Crippen LogP contribution >= 0.6 is 15.9 Å². The van der Waals surface area contributed by atoms with Gasteiger partial charge in [0.05, 0.1) is 58.9 Å². The van der Waals surface area contributed by atoms with Gasteiger partial charge in [-0.1, -0.05) is 64.5 Å². The number of aromatic nitrogens is 4. The van der Waals surface area contributed by atoms with Gasteiger partial charge in [0.2, 0.25) is 0 Å². The van der Waals surface area contributed by atoms with Crippen molar-refractivity contribution in [1.82, 2.24) is 19.6 Å². The minimum atomic E-state index is -0.476. The van der Waals surface area contributed by atoms with E-state index in [1.807, 2.05) is 138 Å². The van der Waals surface area contributed by atoms with Crippen LogP contribution in [0.4, 0.5) is 11.4 Å². The molecule has 3 saturated heterocycles. The molecule has 2 amide bonds. The summed E-state index contributed by atoms with van der Waals surface area (Å²) < 4.78 is 49.3. The maximum Gasteiger partial charge on any atom is 0.494 e. The minimum Gasteiger partial charge on any atom is -0.468 e. The third kappa shape index (κ3) is 12.0. The Bertz CT molecular complexity index is 2950. The highest BCUT2D eigenvalue weighted by Crippen LogP contribution is 2.43. The number of nitrogens with one attached hydrogen (secondary N) is 2. The second kappa shape index (κ2) is 21.4. The lowest BCUT2D eigenvalue weighted by atomic mass is 9.49. The molecule has 0 saturated carbocycles. The molecule has 4 aromatic carbocycles. The number of nitrogens with zero attached hydrogens (tertiary/aromatic N) is 4. The topological polar surface area (TPSA) is 202 Å². The van der Waals surface area contributed by atoms with E-state index in [1.165, 1.54) is 23.6 Å². The van der Waals surface area contributed by atoms with E-state index in [9.17, 15) is 19.2 Å². The van der Waals surface area contributed by atoms with Gasteiger partial charge in [0.1, 0.15) is 13.1 Å². The van der Waals surface area contributed by atoms with E-state index in [2.05, 4.69) is 41.5 Å². The van der Waals surface area contributed by atoms with Crippen molar-refractivity contribution >= 4 is 99.5 Å². The van der Waals surface area contributed by atoms with Crippen LogP contribution in [0.3, 0.4) is 0 Å². The number of carbonyl (C=O) groups is 4. The fourth-order valence-corrected chi connectivity index (χ4v) is 8.09. The van der Waals surface area contributed by atoms with E-state index < -0.39 is 44.3 Å². The van der Waals surface area contributed by atoms with Crippen LogP contribution in [0, 0.1) is 0 Å². The first-order valence-corrected chi connectivity index (χ1v) is 25.0. The molecule has 0 unspecified atom stereocenters. The lowest BCUT2D eigenvalue weighted by molar-refractivity contribution is -0.142. The zero-order valence-electron chi connectivity index (χ0n) is 44.4. The zero-order chi connectivity index (χ0) is 54.2. The number of fused-ring (bicyclic) bond motifs is 2. The van der Waals surface area contributed by atoms with E-state index in [0.29, 0.717) is 33.2 Å². The number of esters is 2. The van der Waals surface area contributed by atoms with Gasteiger partial charge in [-0.2, -0.15) is 10.2 Å². The molecule has 18 nitrogen and oxygen atoms in total. The highest BCUT2D eigenvalue weighted by molar-refractivity contribution is 9.10. The van der Waals surface area contributed by atoms with Gasteiger partial charge in [-0.05, 0) is 137 Å². The first-order valence-electron chi connectivity index (χ1n) is 24.2. The molecule has 74 heavy (non-hydrogen) atoms. The molecule has 22 heteroatoms. The Morgan fingerprint density at radius 1 is 0.500 bits per heavy atom. The molecule has 5 heterocycles. The summed E-state index contributed by atoms with van der Waals surface area (Å²) in [5.74, 6) is -1.57. The Balaban J connectivity index is 0.000000169. The number of carbonyl (C=O) groups excluding carboxylic acids is 4. The highest BCUT2D eigenvalue weighted by atomic mass is 79.9. The molecular weight excluding hydrogens is 1010 g/mol. The van der Waals surface area contributed by atoms with Gasteiger partial charge >= 0.3 is 33.1 Å². The molecule has 390 valence electrons. The Hall–Kier alpha value is -5.87. The van der Waals surface area contributed by atoms with Crippen molar-refractivity contribution in [3.8, 4) is 0 Å². The summed E-state index contributed by atoms with van der Waals surface area (Å²) in [7, 11) is 1.21. The van der Waals surface area contributed by atoms with Crippen molar-refractivity contribution in [1.29, 1.82) is 0 Å². The fourth-order valence-electron chi connectivity index (χ4n) is 7.82. The largest absolute Gasteiger partial charge is 0.494 e. The van der Waals surface area contributed by atoms with Crippen LogP contribution in [0.2, 0.25) is 0 Å². The standard InChI is InChI=1S/C23H26BN3O5.C17H14BrN3O3.C12H24B2O4/c1-22(2)23(3,4)32-24(31-22)15-10-12-16(13-11-15)25-21(29)20-17-8-6-7-9-18(17)27(26-20)14-19(28)30-5;1-24-15(22)10-21-14-5-3-2-4-13(14)16(20-21)17(23)19-12-8-6-11(18)7-9-12;1-9(2)10(3,4)16-13(15-9)14-17-11(5,6)12(7,8)18-14/h6-13H,14H2,1-5H3,(H,25,29);2-9H,10H2,1H3,(H,19,23);1-8H3. The number of halogens is 1. The molecule has 0 spiro atoms. The van der Waals surface area contributed by atoms with Crippen molar-refractivity contribution in [2.24, 2.45) is 0 Å². The van der Waals surface area contributed by atoms with Gasteiger partial charge in [0.25, 0.3) is 11.8 Å². The van der Waals surface area contributed by atoms with E-state index in [0.717, 1.165) is 9.94 Å². The number of amides is 2. The molecule has 0 atom stereocenters. The van der Waals surface area contributed by atoms with E-state index in [1.54, 1.807) is 42.5 Å². The number of ether oxygens (including phenoxy) is 2. The van der Waals surface area contributed by atoms with Gasteiger partial charge in [0.15, 0.2) is 11.4 Å². The Morgan fingerprint density at radius 2 is 0.824 bits per heavy atom. The van der Waals surface area contributed by atoms with Crippen LogP contribution in [0.5, 0.6) is 0 Å².